The molecule has 0 radical (unpaired) electrons. The Bertz CT molecular complexity index is 947. The summed E-state index contributed by atoms with van der Waals surface area (Å²) in [5, 5.41) is 3.46. The van der Waals surface area contributed by atoms with Gasteiger partial charge in [0.15, 0.2) is 11.5 Å². The average molecular weight is 430 g/mol. The number of carbonyl (C=O) groups excluding carboxylic acids is 2. The molecule has 0 bridgehead atoms. The highest BCUT2D eigenvalue weighted by atomic mass is 32.1. The molecule has 0 aliphatic heterocycles. The summed E-state index contributed by atoms with van der Waals surface area (Å²) >= 11 is 1.49. The highest BCUT2D eigenvalue weighted by Gasteiger charge is 2.26. The lowest BCUT2D eigenvalue weighted by Crippen LogP contribution is -2.13. The predicted molar refractivity (Wildman–Crippen MR) is 119 cm³/mol. The highest BCUT2D eigenvalue weighted by Crippen LogP contribution is 2.38. The van der Waals surface area contributed by atoms with Crippen molar-refractivity contribution in [1.82, 2.24) is 0 Å². The van der Waals surface area contributed by atoms with Gasteiger partial charge in [-0.05, 0) is 61.9 Å². The van der Waals surface area contributed by atoms with E-state index in [0.717, 1.165) is 43.2 Å². The molecule has 0 fully saturated rings. The van der Waals surface area contributed by atoms with E-state index < -0.39 is 0 Å². The molecule has 0 saturated carbocycles. The molecule has 0 saturated heterocycles. The quantitative estimate of drug-likeness (QED) is 0.386. The van der Waals surface area contributed by atoms with E-state index in [1.165, 1.54) is 22.3 Å². The van der Waals surface area contributed by atoms with Crippen molar-refractivity contribution >= 4 is 34.3 Å². The maximum Gasteiger partial charge on any atom is 0.341 e. The van der Waals surface area contributed by atoms with Crippen LogP contribution in [0.1, 0.15) is 52.5 Å². The third-order valence-corrected chi connectivity index (χ3v) is 6.18. The number of esters is 1. The lowest BCUT2D eigenvalue weighted by Gasteiger charge is -2.08. The first kappa shape index (κ1) is 21.9. The number of thiophene rings is 1. The number of ether oxygens (including phenoxy) is 3. The maximum absolute atomic E-state index is 12.6. The van der Waals surface area contributed by atoms with Crippen LogP contribution in [0.3, 0.4) is 0 Å². The van der Waals surface area contributed by atoms with Gasteiger partial charge < -0.3 is 19.5 Å². The third-order valence-electron chi connectivity index (χ3n) is 4.97. The van der Waals surface area contributed by atoms with E-state index in [1.807, 2.05) is 6.07 Å². The summed E-state index contributed by atoms with van der Waals surface area (Å²) < 4.78 is 15.8. The van der Waals surface area contributed by atoms with Crippen molar-refractivity contribution in [2.24, 2.45) is 0 Å². The van der Waals surface area contributed by atoms with E-state index in [9.17, 15) is 9.59 Å². The largest absolute Gasteiger partial charge is 0.493 e. The number of fused-ring (bicyclic) bond motifs is 1. The fourth-order valence-electron chi connectivity index (χ4n) is 3.53. The molecule has 6 nitrogen and oxygen atoms in total. The molecular weight excluding hydrogens is 402 g/mol. The molecule has 0 atom stereocenters. The number of aryl methyl sites for hydroxylation is 1. The molecule has 3 rings (SSSR count). The fraction of sp³-hybridized carbons (Fsp3) is 0.391. The van der Waals surface area contributed by atoms with Gasteiger partial charge in [0.1, 0.15) is 5.00 Å². The minimum atomic E-state index is -0.365. The molecule has 0 unspecified atom stereocenters. The SMILES string of the molecule is CCOC(=O)c1c(NC(=O)C=Cc2ccc(OC)c(OC)c2)sc2c1CCCCC2. The Morgan fingerprint density at radius 3 is 2.60 bits per heavy atom. The first-order chi connectivity index (χ1) is 14.6. The van der Waals surface area contributed by atoms with Crippen molar-refractivity contribution < 1.29 is 23.8 Å². The van der Waals surface area contributed by atoms with Gasteiger partial charge >= 0.3 is 5.97 Å². The zero-order valence-corrected chi connectivity index (χ0v) is 18.4. The Kier molecular flexibility index (Phi) is 7.52. The Hall–Kier alpha value is -2.80. The van der Waals surface area contributed by atoms with Crippen LogP contribution in [0.2, 0.25) is 0 Å². The number of carbonyl (C=O) groups is 2. The number of anilines is 1. The number of amides is 1. The van der Waals surface area contributed by atoms with Gasteiger partial charge in [-0.1, -0.05) is 12.5 Å². The van der Waals surface area contributed by atoms with Crippen molar-refractivity contribution in [3.05, 3.63) is 45.8 Å². The smallest absolute Gasteiger partial charge is 0.341 e. The van der Waals surface area contributed by atoms with E-state index >= 15 is 0 Å². The Morgan fingerprint density at radius 1 is 1.10 bits per heavy atom. The van der Waals surface area contributed by atoms with Crippen LogP contribution in [0, 0.1) is 0 Å². The summed E-state index contributed by atoms with van der Waals surface area (Å²) in [6.45, 7) is 2.09. The second-order valence-electron chi connectivity index (χ2n) is 6.93. The maximum atomic E-state index is 12.6. The molecular formula is C23H27NO5S. The van der Waals surface area contributed by atoms with Crippen LogP contribution in [0.25, 0.3) is 6.08 Å². The summed E-state index contributed by atoms with van der Waals surface area (Å²) in [4.78, 5) is 26.3. The van der Waals surface area contributed by atoms with Crippen LogP contribution in [0.15, 0.2) is 24.3 Å². The molecule has 1 heterocycles. The molecule has 30 heavy (non-hydrogen) atoms. The molecule has 1 aliphatic rings. The minimum absolute atomic E-state index is 0.299. The first-order valence-electron chi connectivity index (χ1n) is 10.1. The number of hydrogen-bond acceptors (Lipinski definition) is 6. The van der Waals surface area contributed by atoms with Gasteiger partial charge in [0.05, 0.1) is 26.4 Å². The van der Waals surface area contributed by atoms with Gasteiger partial charge in [-0.25, -0.2) is 4.79 Å². The lowest BCUT2D eigenvalue weighted by atomic mass is 10.1. The Morgan fingerprint density at radius 2 is 1.87 bits per heavy atom. The molecule has 160 valence electrons. The van der Waals surface area contributed by atoms with Crippen molar-refractivity contribution in [3.8, 4) is 11.5 Å². The highest BCUT2D eigenvalue weighted by molar-refractivity contribution is 7.17. The molecule has 1 N–H and O–H groups in total. The summed E-state index contributed by atoms with van der Waals surface area (Å²) in [6.07, 6.45) is 8.21. The molecule has 0 spiro atoms. The predicted octanol–water partition coefficient (Wildman–Crippen LogP) is 4.86. The van der Waals surface area contributed by atoms with Gasteiger partial charge in [-0.2, -0.15) is 0 Å². The molecule has 1 amide bonds. The first-order valence-corrected chi connectivity index (χ1v) is 10.9. The molecule has 1 aliphatic carbocycles. The molecule has 1 aromatic heterocycles. The standard InChI is InChI=1S/C23H27NO5S/c1-4-29-23(26)21-16-8-6-5-7-9-19(16)30-22(21)24-20(25)13-11-15-10-12-17(27-2)18(14-15)28-3/h10-14H,4-9H2,1-3H3,(H,24,25). The molecule has 1 aromatic carbocycles. The van der Waals surface area contributed by atoms with Crippen molar-refractivity contribution in [1.29, 1.82) is 0 Å². The summed E-state index contributed by atoms with van der Waals surface area (Å²) in [7, 11) is 3.14. The number of methoxy groups -OCH3 is 2. The zero-order chi connectivity index (χ0) is 21.5. The van der Waals surface area contributed by atoms with Crippen molar-refractivity contribution in [2.45, 2.75) is 39.0 Å². The van der Waals surface area contributed by atoms with Gasteiger partial charge in [-0.3, -0.25) is 4.79 Å². The van der Waals surface area contributed by atoms with Crippen molar-refractivity contribution in [3.63, 3.8) is 0 Å². The van der Waals surface area contributed by atoms with E-state index in [1.54, 1.807) is 39.4 Å². The van der Waals surface area contributed by atoms with Gasteiger partial charge in [0.25, 0.3) is 0 Å². The minimum Gasteiger partial charge on any atom is -0.493 e. The van der Waals surface area contributed by atoms with Crippen molar-refractivity contribution in [2.75, 3.05) is 26.1 Å². The summed E-state index contributed by atoms with van der Waals surface area (Å²) in [5.74, 6) is 0.549. The summed E-state index contributed by atoms with van der Waals surface area (Å²) in [6, 6.07) is 5.41. The topological polar surface area (TPSA) is 73.9 Å². The van der Waals surface area contributed by atoms with Crippen LogP contribution < -0.4 is 14.8 Å². The van der Waals surface area contributed by atoms with Crippen LogP contribution in [0.5, 0.6) is 11.5 Å². The average Bonchev–Trinajstić information content (AvgIpc) is 2.92. The van der Waals surface area contributed by atoms with Gasteiger partial charge in [-0.15, -0.1) is 11.3 Å². The lowest BCUT2D eigenvalue weighted by molar-refractivity contribution is -0.111. The second-order valence-corrected chi connectivity index (χ2v) is 8.03. The van der Waals surface area contributed by atoms with E-state index in [2.05, 4.69) is 5.32 Å². The van der Waals surface area contributed by atoms with E-state index in [-0.39, 0.29) is 11.9 Å². The number of benzene rings is 1. The molecule has 2 aromatic rings. The van der Waals surface area contributed by atoms with Crippen LogP contribution in [-0.2, 0) is 22.4 Å². The van der Waals surface area contributed by atoms with Crippen LogP contribution in [0.4, 0.5) is 5.00 Å². The third kappa shape index (κ3) is 5.02. The monoisotopic (exact) mass is 429 g/mol. The summed E-state index contributed by atoms with van der Waals surface area (Å²) in [5.41, 5.74) is 2.36. The fourth-order valence-corrected chi connectivity index (χ4v) is 4.81. The second kappa shape index (κ2) is 10.3. The molecule has 7 heteroatoms. The van der Waals surface area contributed by atoms with Crippen LogP contribution in [-0.4, -0.2) is 32.7 Å². The van der Waals surface area contributed by atoms with E-state index in [4.69, 9.17) is 14.2 Å². The van der Waals surface area contributed by atoms with E-state index in [0.29, 0.717) is 28.7 Å². The normalized spacial score (nSPS) is 13.4. The number of rotatable bonds is 7. The number of hydrogen-bond donors (Lipinski definition) is 1. The Labute approximate surface area is 180 Å². The number of nitrogens with one attached hydrogen (secondary N) is 1. The van der Waals surface area contributed by atoms with Crippen LogP contribution >= 0.6 is 11.3 Å². The van der Waals surface area contributed by atoms with Gasteiger partial charge in [0.2, 0.25) is 5.91 Å². The zero-order valence-electron chi connectivity index (χ0n) is 17.6. The Balaban J connectivity index is 1.81. The van der Waals surface area contributed by atoms with Gasteiger partial charge in [0, 0.05) is 11.0 Å².